The van der Waals surface area contributed by atoms with Crippen molar-refractivity contribution in [3.63, 3.8) is 0 Å². The average Bonchev–Trinajstić information content (AvgIpc) is 3.08. The van der Waals surface area contributed by atoms with E-state index in [1.807, 2.05) is 36.4 Å². The van der Waals surface area contributed by atoms with E-state index in [1.54, 1.807) is 11.3 Å². The number of hydrogen-bond donors (Lipinski definition) is 1. The van der Waals surface area contributed by atoms with Crippen LogP contribution in [0.3, 0.4) is 0 Å². The van der Waals surface area contributed by atoms with E-state index in [4.69, 9.17) is 10.3 Å². The predicted octanol–water partition coefficient (Wildman–Crippen LogP) is 3.61. The molecular weight excluding hydrogens is 338 g/mol. The Bertz CT molecular complexity index is 723. The van der Waals surface area contributed by atoms with Gasteiger partial charge in [-0.3, -0.25) is 0 Å². The summed E-state index contributed by atoms with van der Waals surface area (Å²) in [5, 5.41) is 4.02. The molecule has 2 N–H and O–H groups in total. The third-order valence-corrected chi connectivity index (χ3v) is 4.56. The number of nitrogens with zero attached hydrogens (tertiary/aromatic N) is 2. The number of halogens is 1. The molecule has 4 nitrogen and oxygen atoms in total. The van der Waals surface area contributed by atoms with Crippen molar-refractivity contribution in [3.8, 4) is 10.7 Å². The first-order chi connectivity index (χ1) is 9.76. The molecule has 2 aromatic heterocycles. The number of thiophene rings is 1. The zero-order chi connectivity index (χ0) is 13.9. The zero-order valence-electron chi connectivity index (χ0n) is 10.5. The molecule has 0 bridgehead atoms. The highest BCUT2D eigenvalue weighted by atomic mass is 79.9. The van der Waals surface area contributed by atoms with Crippen LogP contribution in [0.15, 0.2) is 44.7 Å². The minimum atomic E-state index is 0.509. The van der Waals surface area contributed by atoms with Gasteiger partial charge in [0.1, 0.15) is 0 Å². The van der Waals surface area contributed by atoms with Gasteiger partial charge in [-0.25, -0.2) is 0 Å². The van der Waals surface area contributed by atoms with Crippen molar-refractivity contribution in [2.45, 2.75) is 13.0 Å². The van der Waals surface area contributed by atoms with Crippen LogP contribution < -0.4 is 5.73 Å². The Morgan fingerprint density at radius 3 is 2.65 bits per heavy atom. The highest BCUT2D eigenvalue weighted by Crippen LogP contribution is 2.29. The van der Waals surface area contributed by atoms with Crippen LogP contribution in [0.1, 0.15) is 17.0 Å². The van der Waals surface area contributed by atoms with E-state index in [2.05, 4.69) is 26.1 Å². The predicted molar refractivity (Wildman–Crippen MR) is 82.5 cm³/mol. The highest BCUT2D eigenvalue weighted by molar-refractivity contribution is 9.11. The first-order valence-electron chi connectivity index (χ1n) is 6.11. The van der Waals surface area contributed by atoms with Crippen LogP contribution >= 0.6 is 27.3 Å². The van der Waals surface area contributed by atoms with Crippen molar-refractivity contribution >= 4 is 27.3 Å². The molecule has 0 aliphatic rings. The summed E-state index contributed by atoms with van der Waals surface area (Å²) in [6.07, 6.45) is 0.604. The van der Waals surface area contributed by atoms with Crippen LogP contribution in [-0.4, -0.2) is 10.1 Å². The van der Waals surface area contributed by atoms with Crippen LogP contribution in [0.5, 0.6) is 0 Å². The van der Waals surface area contributed by atoms with E-state index in [9.17, 15) is 0 Å². The van der Waals surface area contributed by atoms with Gasteiger partial charge in [0.25, 0.3) is 0 Å². The smallest absolute Gasteiger partial charge is 0.231 e. The fourth-order valence-electron chi connectivity index (χ4n) is 1.95. The SMILES string of the molecule is NCc1ccccc1Cc1nc(-c2ccc(Br)s2)no1. The topological polar surface area (TPSA) is 64.9 Å². The second-order valence-corrected chi connectivity index (χ2v) is 6.73. The molecule has 0 saturated carbocycles. The fraction of sp³-hybridized carbons (Fsp3) is 0.143. The molecule has 20 heavy (non-hydrogen) atoms. The summed E-state index contributed by atoms with van der Waals surface area (Å²) in [6, 6.07) is 12.0. The van der Waals surface area contributed by atoms with Gasteiger partial charge in [-0.15, -0.1) is 11.3 Å². The minimum Gasteiger partial charge on any atom is -0.339 e. The number of aromatic nitrogens is 2. The number of rotatable bonds is 4. The van der Waals surface area contributed by atoms with Gasteiger partial charge in [-0.1, -0.05) is 29.4 Å². The second kappa shape index (κ2) is 5.87. The summed E-state index contributed by atoms with van der Waals surface area (Å²) in [7, 11) is 0. The Labute approximate surface area is 128 Å². The monoisotopic (exact) mass is 349 g/mol. The maximum atomic E-state index is 5.73. The maximum absolute atomic E-state index is 5.73. The maximum Gasteiger partial charge on any atom is 0.231 e. The van der Waals surface area contributed by atoms with Crippen LogP contribution in [0, 0.1) is 0 Å². The molecule has 0 radical (unpaired) electrons. The summed E-state index contributed by atoms with van der Waals surface area (Å²) < 4.78 is 6.37. The van der Waals surface area contributed by atoms with Crippen molar-refractivity contribution in [1.29, 1.82) is 0 Å². The molecule has 0 aliphatic carbocycles. The number of hydrogen-bond acceptors (Lipinski definition) is 5. The summed E-state index contributed by atoms with van der Waals surface area (Å²) in [5.74, 6) is 1.23. The third kappa shape index (κ3) is 2.82. The van der Waals surface area contributed by atoms with Gasteiger partial charge in [0.05, 0.1) is 15.1 Å². The standard InChI is InChI=1S/C14H12BrN3OS/c15-12-6-5-11(20-12)14-17-13(19-18-14)7-9-3-1-2-4-10(9)8-16/h1-6H,7-8,16H2. The molecule has 102 valence electrons. The van der Waals surface area contributed by atoms with Crippen LogP contribution in [0.25, 0.3) is 10.7 Å². The summed E-state index contributed by atoms with van der Waals surface area (Å²) >= 11 is 5.01. The molecule has 0 atom stereocenters. The number of benzene rings is 1. The molecule has 3 aromatic rings. The molecule has 3 rings (SSSR count). The van der Waals surface area contributed by atoms with Gasteiger partial charge in [0.2, 0.25) is 11.7 Å². The van der Waals surface area contributed by atoms with Gasteiger partial charge in [0.15, 0.2) is 0 Å². The highest BCUT2D eigenvalue weighted by Gasteiger charge is 2.12. The van der Waals surface area contributed by atoms with Crippen molar-refractivity contribution in [1.82, 2.24) is 10.1 Å². The van der Waals surface area contributed by atoms with Crippen molar-refractivity contribution < 1.29 is 4.52 Å². The van der Waals surface area contributed by atoms with E-state index in [0.29, 0.717) is 24.7 Å². The normalized spacial score (nSPS) is 10.9. The van der Waals surface area contributed by atoms with Crippen LogP contribution in [0.4, 0.5) is 0 Å². The molecule has 0 fully saturated rings. The van der Waals surface area contributed by atoms with Gasteiger partial charge in [-0.05, 0) is 39.2 Å². The molecule has 6 heteroatoms. The lowest BCUT2D eigenvalue weighted by Gasteiger charge is -2.03. The van der Waals surface area contributed by atoms with Crippen molar-refractivity contribution in [2.75, 3.05) is 0 Å². The van der Waals surface area contributed by atoms with Crippen molar-refractivity contribution in [3.05, 3.63) is 57.2 Å². The lowest BCUT2D eigenvalue weighted by Crippen LogP contribution is -2.02. The van der Waals surface area contributed by atoms with Gasteiger partial charge < -0.3 is 10.3 Å². The quantitative estimate of drug-likeness (QED) is 0.781. The molecule has 0 spiro atoms. The van der Waals surface area contributed by atoms with E-state index in [-0.39, 0.29) is 0 Å². The van der Waals surface area contributed by atoms with Crippen LogP contribution in [-0.2, 0) is 13.0 Å². The fourth-order valence-corrected chi connectivity index (χ4v) is 3.27. The molecular formula is C14H12BrN3OS. The molecule has 0 aliphatic heterocycles. The Morgan fingerprint density at radius 2 is 1.95 bits per heavy atom. The lowest BCUT2D eigenvalue weighted by atomic mass is 10.0. The lowest BCUT2D eigenvalue weighted by molar-refractivity contribution is 0.385. The summed E-state index contributed by atoms with van der Waals surface area (Å²) in [6.45, 7) is 0.509. The zero-order valence-corrected chi connectivity index (χ0v) is 12.9. The Kier molecular flexibility index (Phi) is 3.95. The third-order valence-electron chi connectivity index (χ3n) is 2.94. The second-order valence-electron chi connectivity index (χ2n) is 4.27. The minimum absolute atomic E-state index is 0.509. The average molecular weight is 350 g/mol. The van der Waals surface area contributed by atoms with Gasteiger partial charge in [-0.2, -0.15) is 4.98 Å². The largest absolute Gasteiger partial charge is 0.339 e. The Morgan fingerprint density at radius 1 is 1.15 bits per heavy atom. The molecule has 0 unspecified atom stereocenters. The van der Waals surface area contributed by atoms with Gasteiger partial charge in [0, 0.05) is 6.54 Å². The number of nitrogens with two attached hydrogens (primary N) is 1. The van der Waals surface area contributed by atoms with E-state index >= 15 is 0 Å². The molecule has 1 aromatic carbocycles. The Hall–Kier alpha value is -1.50. The van der Waals surface area contributed by atoms with E-state index < -0.39 is 0 Å². The molecule has 0 amide bonds. The first-order valence-corrected chi connectivity index (χ1v) is 7.72. The summed E-state index contributed by atoms with van der Waals surface area (Å²) in [4.78, 5) is 5.42. The molecule has 2 heterocycles. The Balaban J connectivity index is 1.84. The van der Waals surface area contributed by atoms with E-state index in [1.165, 1.54) is 0 Å². The van der Waals surface area contributed by atoms with Crippen molar-refractivity contribution in [2.24, 2.45) is 5.73 Å². The molecule has 0 saturated heterocycles. The summed E-state index contributed by atoms with van der Waals surface area (Å²) in [5.41, 5.74) is 7.96. The van der Waals surface area contributed by atoms with E-state index in [0.717, 1.165) is 19.8 Å². The first kappa shape index (κ1) is 13.5. The van der Waals surface area contributed by atoms with Gasteiger partial charge >= 0.3 is 0 Å². The van der Waals surface area contributed by atoms with Crippen LogP contribution in [0.2, 0.25) is 0 Å².